The van der Waals surface area contributed by atoms with Crippen LogP contribution in [0, 0.1) is 11.8 Å². The van der Waals surface area contributed by atoms with E-state index in [-0.39, 0.29) is 0 Å². The number of imidazole rings is 1. The molecule has 4 heterocycles. The maximum Gasteiger partial charge on any atom is 0.116 e. The molecule has 4 fully saturated rings. The number of aromatic nitrogens is 4. The standard InChI is InChI=1S/C30H39N5/c1-2-7-22-14-21(6-1)15-26(16-22)34-24-8-5-9-25(34)19-27(18-24)35-29-11-4-3-10-28(29)33-30(35)17-23-20-31-12-13-32-23/h3-4,10-13,20-22,24-27H,1-2,5-9,14-19H2/t21-,22+,24-,25+,26?,27?. The maximum atomic E-state index is 5.12. The predicted molar refractivity (Wildman–Crippen MR) is 139 cm³/mol. The number of hydrogen-bond acceptors (Lipinski definition) is 4. The Morgan fingerprint density at radius 3 is 2.26 bits per heavy atom. The van der Waals surface area contributed by atoms with Crippen LogP contribution in [0.1, 0.15) is 94.6 Å². The molecule has 0 radical (unpaired) electrons. The molecule has 7 rings (SSSR count). The van der Waals surface area contributed by atoms with Crippen molar-refractivity contribution in [2.45, 2.75) is 108 Å². The SMILES string of the molecule is c1ccc2c(c1)nc(Cc1cnccn1)n2C1C[C@H]2CCC[C@@H](C1)N2C1C[C@H]2CCCC[C@@H](C1)C2. The van der Waals surface area contributed by atoms with Gasteiger partial charge in [-0.1, -0.05) is 44.2 Å². The summed E-state index contributed by atoms with van der Waals surface area (Å²) in [5, 5.41) is 0. The quantitative estimate of drug-likeness (QED) is 0.448. The first kappa shape index (κ1) is 22.0. The number of para-hydroxylation sites is 2. The lowest BCUT2D eigenvalue weighted by molar-refractivity contribution is -0.0419. The number of hydrogen-bond donors (Lipinski definition) is 0. The van der Waals surface area contributed by atoms with Crippen molar-refractivity contribution in [3.63, 3.8) is 0 Å². The molecule has 0 amide bonds. The Bertz CT molecular complexity index is 1130. The first-order chi connectivity index (χ1) is 17.3. The maximum absolute atomic E-state index is 5.12. The highest BCUT2D eigenvalue weighted by Gasteiger charge is 2.45. The molecule has 2 aliphatic carbocycles. The van der Waals surface area contributed by atoms with Crippen molar-refractivity contribution in [1.82, 2.24) is 24.4 Å². The molecular weight excluding hydrogens is 430 g/mol. The van der Waals surface area contributed by atoms with E-state index in [9.17, 15) is 0 Å². The predicted octanol–water partition coefficient (Wildman–Crippen LogP) is 6.33. The highest BCUT2D eigenvalue weighted by Crippen LogP contribution is 2.47. The molecule has 5 nitrogen and oxygen atoms in total. The fraction of sp³-hybridized carbons (Fsp3) is 0.633. The summed E-state index contributed by atoms with van der Waals surface area (Å²) in [5.74, 6) is 3.15. The van der Waals surface area contributed by atoms with Gasteiger partial charge in [-0.15, -0.1) is 0 Å². The van der Waals surface area contributed by atoms with Crippen LogP contribution in [0.3, 0.4) is 0 Å². The summed E-state index contributed by atoms with van der Waals surface area (Å²) in [7, 11) is 0. The van der Waals surface area contributed by atoms with Crippen LogP contribution in [-0.2, 0) is 6.42 Å². The lowest BCUT2D eigenvalue weighted by Crippen LogP contribution is -2.58. The molecule has 1 aromatic carbocycles. The zero-order chi connectivity index (χ0) is 23.2. The van der Waals surface area contributed by atoms with E-state index in [2.05, 4.69) is 43.7 Å². The molecule has 3 aromatic rings. The van der Waals surface area contributed by atoms with Crippen LogP contribution in [0.15, 0.2) is 42.9 Å². The molecule has 2 unspecified atom stereocenters. The van der Waals surface area contributed by atoms with Gasteiger partial charge >= 0.3 is 0 Å². The molecule has 0 spiro atoms. The third-order valence-corrected chi connectivity index (χ3v) is 9.77. The smallest absolute Gasteiger partial charge is 0.116 e. The van der Waals surface area contributed by atoms with Gasteiger partial charge in [0, 0.05) is 49.2 Å². The summed E-state index contributed by atoms with van der Waals surface area (Å²) >= 11 is 0. The molecule has 0 N–H and O–H groups in total. The van der Waals surface area contributed by atoms with Crippen LogP contribution in [0.4, 0.5) is 0 Å². The van der Waals surface area contributed by atoms with Gasteiger partial charge in [0.1, 0.15) is 5.82 Å². The second-order valence-electron chi connectivity index (χ2n) is 11.9. The minimum atomic E-state index is 0.534. The van der Waals surface area contributed by atoms with E-state index in [4.69, 9.17) is 4.98 Å². The summed E-state index contributed by atoms with van der Waals surface area (Å²) in [6.07, 6.45) is 23.3. The van der Waals surface area contributed by atoms with Crippen LogP contribution in [-0.4, -0.2) is 42.5 Å². The second-order valence-corrected chi connectivity index (χ2v) is 11.9. The fourth-order valence-corrected chi connectivity index (χ4v) is 8.52. The molecule has 2 saturated heterocycles. The Labute approximate surface area is 209 Å². The zero-order valence-corrected chi connectivity index (χ0v) is 20.9. The van der Waals surface area contributed by atoms with Crippen molar-refractivity contribution < 1.29 is 0 Å². The Morgan fingerprint density at radius 1 is 0.743 bits per heavy atom. The van der Waals surface area contributed by atoms with Gasteiger partial charge in [-0.3, -0.25) is 14.9 Å². The number of nitrogens with zero attached hydrogens (tertiary/aromatic N) is 5. The molecule has 5 heteroatoms. The molecule has 6 atom stereocenters. The Balaban J connectivity index is 1.19. The van der Waals surface area contributed by atoms with E-state index in [1.807, 2.05) is 6.20 Å². The summed E-state index contributed by atoms with van der Waals surface area (Å²) in [6, 6.07) is 11.6. The molecule has 2 aromatic heterocycles. The second kappa shape index (κ2) is 9.31. The van der Waals surface area contributed by atoms with Gasteiger partial charge in [-0.2, -0.15) is 0 Å². The number of piperidine rings is 2. The topological polar surface area (TPSA) is 46.8 Å². The number of fused-ring (bicyclic) bond motifs is 5. The van der Waals surface area contributed by atoms with Crippen LogP contribution < -0.4 is 0 Å². The van der Waals surface area contributed by atoms with Gasteiger partial charge < -0.3 is 4.57 Å². The highest BCUT2D eigenvalue weighted by molar-refractivity contribution is 5.76. The minimum Gasteiger partial charge on any atom is -0.324 e. The average molecular weight is 470 g/mol. The molecule has 2 saturated carbocycles. The number of rotatable bonds is 4. The van der Waals surface area contributed by atoms with E-state index in [1.165, 1.54) is 82.6 Å². The molecule has 4 aliphatic rings. The highest BCUT2D eigenvalue weighted by atomic mass is 15.3. The lowest BCUT2D eigenvalue weighted by Gasteiger charge is -2.54. The van der Waals surface area contributed by atoms with E-state index >= 15 is 0 Å². The largest absolute Gasteiger partial charge is 0.324 e. The molecule has 2 aliphatic heterocycles. The Kier molecular flexibility index (Phi) is 5.84. The normalized spacial score (nSPS) is 33.5. The van der Waals surface area contributed by atoms with Gasteiger partial charge in [-0.25, -0.2) is 4.98 Å². The summed E-state index contributed by atoms with van der Waals surface area (Å²) < 4.78 is 2.60. The van der Waals surface area contributed by atoms with E-state index in [1.54, 1.807) is 12.4 Å². The average Bonchev–Trinajstić information content (AvgIpc) is 3.14. The third-order valence-electron chi connectivity index (χ3n) is 9.77. The van der Waals surface area contributed by atoms with Crippen LogP contribution in [0.25, 0.3) is 11.0 Å². The van der Waals surface area contributed by atoms with Crippen molar-refractivity contribution in [3.05, 3.63) is 54.4 Å². The molecule has 4 bridgehead atoms. The van der Waals surface area contributed by atoms with Gasteiger partial charge in [0.05, 0.1) is 16.7 Å². The Hall–Kier alpha value is -2.27. The van der Waals surface area contributed by atoms with Crippen molar-refractivity contribution in [1.29, 1.82) is 0 Å². The first-order valence-electron chi connectivity index (χ1n) is 14.3. The van der Waals surface area contributed by atoms with Crippen LogP contribution in [0.2, 0.25) is 0 Å². The molecule has 35 heavy (non-hydrogen) atoms. The zero-order valence-electron chi connectivity index (χ0n) is 20.9. The summed E-state index contributed by atoms with van der Waals surface area (Å²) in [6.45, 7) is 0. The van der Waals surface area contributed by atoms with Gasteiger partial charge in [0.2, 0.25) is 0 Å². The molecule has 184 valence electrons. The van der Waals surface area contributed by atoms with E-state index in [0.717, 1.165) is 53.4 Å². The van der Waals surface area contributed by atoms with E-state index < -0.39 is 0 Å². The van der Waals surface area contributed by atoms with Crippen LogP contribution in [0.5, 0.6) is 0 Å². The lowest BCUT2D eigenvalue weighted by atomic mass is 9.73. The minimum absolute atomic E-state index is 0.534. The van der Waals surface area contributed by atoms with Crippen molar-refractivity contribution in [2.75, 3.05) is 0 Å². The van der Waals surface area contributed by atoms with Crippen LogP contribution >= 0.6 is 0 Å². The van der Waals surface area contributed by atoms with Gasteiger partial charge in [0.15, 0.2) is 0 Å². The summed E-state index contributed by atoms with van der Waals surface area (Å²) in [4.78, 5) is 17.1. The first-order valence-corrected chi connectivity index (χ1v) is 14.3. The number of benzene rings is 1. The molecular formula is C30H39N5. The van der Waals surface area contributed by atoms with E-state index in [0.29, 0.717) is 6.04 Å². The monoisotopic (exact) mass is 469 g/mol. The fourth-order valence-electron chi connectivity index (χ4n) is 8.52. The third kappa shape index (κ3) is 4.20. The van der Waals surface area contributed by atoms with Crippen molar-refractivity contribution in [2.24, 2.45) is 11.8 Å². The Morgan fingerprint density at radius 2 is 1.51 bits per heavy atom. The van der Waals surface area contributed by atoms with Gasteiger partial charge in [-0.05, 0) is 68.9 Å². The van der Waals surface area contributed by atoms with Gasteiger partial charge in [0.25, 0.3) is 0 Å². The van der Waals surface area contributed by atoms with Crippen molar-refractivity contribution >= 4 is 11.0 Å². The van der Waals surface area contributed by atoms with Crippen molar-refractivity contribution in [3.8, 4) is 0 Å². The summed E-state index contributed by atoms with van der Waals surface area (Å²) in [5.41, 5.74) is 3.42.